The molecule has 3 aromatic rings. The fourth-order valence-electron chi connectivity index (χ4n) is 6.05. The van der Waals surface area contributed by atoms with Crippen LogP contribution in [0.15, 0.2) is 96.4 Å². The lowest BCUT2D eigenvalue weighted by Gasteiger charge is -2.27. The SMILES string of the molecule is O=C1CCC(=O)N[C@H](CC2CC=CS2)C(=O)N[C@@H](CCc2ccccc2)C(=O)N[C@H](Cc2ccccc2)C(=O)N[C@H](C(=O)O)Cc2ccc(cc2)N1. The first-order valence-electron chi connectivity index (χ1n) is 17.3. The van der Waals surface area contributed by atoms with Gasteiger partial charge in [-0.25, -0.2) is 4.79 Å². The molecule has 3 heterocycles. The molecule has 5 amide bonds. The van der Waals surface area contributed by atoms with Crippen molar-refractivity contribution in [2.75, 3.05) is 5.32 Å². The van der Waals surface area contributed by atoms with Crippen LogP contribution in [0.5, 0.6) is 0 Å². The second-order valence-corrected chi connectivity index (χ2v) is 14.1. The predicted molar refractivity (Wildman–Crippen MR) is 198 cm³/mol. The van der Waals surface area contributed by atoms with Gasteiger partial charge in [-0.2, -0.15) is 0 Å². The van der Waals surface area contributed by atoms with Gasteiger partial charge in [0.2, 0.25) is 29.5 Å². The molecule has 0 saturated heterocycles. The minimum absolute atomic E-state index is 0.0227. The Morgan fingerprint density at radius 2 is 1.31 bits per heavy atom. The number of hydrogen-bond donors (Lipinski definition) is 6. The average molecular weight is 726 g/mol. The third kappa shape index (κ3) is 11.6. The first-order valence-corrected chi connectivity index (χ1v) is 18.3. The number of carboxylic acid groups (broad SMARTS) is 1. The highest BCUT2D eigenvalue weighted by atomic mass is 32.2. The van der Waals surface area contributed by atoms with E-state index >= 15 is 0 Å². The van der Waals surface area contributed by atoms with Crippen LogP contribution in [0.25, 0.3) is 0 Å². The van der Waals surface area contributed by atoms with Crippen molar-refractivity contribution < 1.29 is 33.9 Å². The van der Waals surface area contributed by atoms with E-state index in [9.17, 15) is 33.9 Å². The topological polar surface area (TPSA) is 183 Å². The van der Waals surface area contributed by atoms with Gasteiger partial charge in [0.15, 0.2) is 0 Å². The van der Waals surface area contributed by atoms with Gasteiger partial charge in [0.05, 0.1) is 0 Å². The molecule has 0 spiro atoms. The Hall–Kier alpha value is -5.43. The molecule has 0 radical (unpaired) electrons. The molecule has 3 aliphatic rings. The number of aryl methyl sites for hydroxylation is 1. The first-order chi connectivity index (χ1) is 25.1. The Labute approximate surface area is 306 Å². The van der Waals surface area contributed by atoms with Crippen LogP contribution in [0, 0.1) is 0 Å². The predicted octanol–water partition coefficient (Wildman–Crippen LogP) is 3.27. The van der Waals surface area contributed by atoms with Gasteiger partial charge in [0.25, 0.3) is 0 Å². The third-order valence-corrected chi connectivity index (χ3v) is 10.0. The number of amides is 5. The largest absolute Gasteiger partial charge is 0.480 e. The number of nitrogens with one attached hydrogen (secondary N) is 5. The average Bonchev–Trinajstić information content (AvgIpc) is 3.66. The van der Waals surface area contributed by atoms with Crippen molar-refractivity contribution in [1.82, 2.24) is 21.3 Å². The molecule has 1 unspecified atom stereocenters. The van der Waals surface area contributed by atoms with E-state index in [1.165, 1.54) is 0 Å². The molecule has 3 aliphatic heterocycles. The highest BCUT2D eigenvalue weighted by molar-refractivity contribution is 8.03. The number of aliphatic carboxylic acids is 1. The van der Waals surface area contributed by atoms with Crippen molar-refractivity contribution in [1.29, 1.82) is 0 Å². The van der Waals surface area contributed by atoms with E-state index in [0.29, 0.717) is 24.1 Å². The second kappa shape index (κ2) is 18.7. The van der Waals surface area contributed by atoms with Crippen LogP contribution in [0.4, 0.5) is 5.69 Å². The minimum Gasteiger partial charge on any atom is -0.480 e. The summed E-state index contributed by atoms with van der Waals surface area (Å²) >= 11 is 1.55. The summed E-state index contributed by atoms with van der Waals surface area (Å²) in [5.41, 5.74) is 2.70. The second-order valence-electron chi connectivity index (χ2n) is 12.9. The number of thioether (sulfide) groups is 1. The van der Waals surface area contributed by atoms with Crippen LogP contribution in [0.1, 0.15) is 48.8 Å². The summed E-state index contributed by atoms with van der Waals surface area (Å²) < 4.78 is 0. The highest BCUT2D eigenvalue weighted by Crippen LogP contribution is 2.28. The van der Waals surface area contributed by atoms with Gasteiger partial charge in [-0.15, -0.1) is 11.8 Å². The van der Waals surface area contributed by atoms with Gasteiger partial charge in [-0.3, -0.25) is 24.0 Å². The molecular formula is C39H43N5O7S. The smallest absolute Gasteiger partial charge is 0.326 e. The van der Waals surface area contributed by atoms with Gasteiger partial charge < -0.3 is 31.7 Å². The maximum atomic E-state index is 14.1. The van der Waals surface area contributed by atoms with Gasteiger partial charge in [0, 0.05) is 36.6 Å². The molecule has 6 rings (SSSR count). The summed E-state index contributed by atoms with van der Waals surface area (Å²) in [7, 11) is 0. The molecular weight excluding hydrogens is 683 g/mol. The van der Waals surface area contributed by atoms with E-state index in [4.69, 9.17) is 0 Å². The summed E-state index contributed by atoms with van der Waals surface area (Å²) in [6, 6.07) is 20.3. The zero-order valence-electron chi connectivity index (χ0n) is 28.6. The summed E-state index contributed by atoms with van der Waals surface area (Å²) in [6.07, 6.45) is 3.27. The van der Waals surface area contributed by atoms with E-state index in [2.05, 4.69) is 26.6 Å². The van der Waals surface area contributed by atoms with E-state index in [-0.39, 0.29) is 43.8 Å². The van der Waals surface area contributed by atoms with E-state index in [1.54, 1.807) is 60.3 Å². The monoisotopic (exact) mass is 725 g/mol. The van der Waals surface area contributed by atoms with Crippen LogP contribution in [-0.2, 0) is 48.0 Å². The maximum Gasteiger partial charge on any atom is 0.326 e. The van der Waals surface area contributed by atoms with Crippen LogP contribution < -0.4 is 26.6 Å². The standard InChI is InChI=1S/C39H43N5O7S/c45-34-19-20-35(46)41-32(24-29-12-7-21-52-29)38(49)42-30(18-15-25-8-3-1-4-9-25)36(47)43-31(22-26-10-5-2-6-11-26)37(48)44-33(39(50)51)23-27-13-16-28(40-34)17-14-27/h1-11,13-14,16-17,21,29-33H,12,15,18-20,22-24H2,(H,40,45)(H,41,46)(H,42,49)(H,43,47)(H,44,48)(H,50,51)/t29?,30-,31+,32+,33-/m0/s1. The van der Waals surface area contributed by atoms with Crippen LogP contribution >= 0.6 is 11.8 Å². The number of allylic oxidation sites excluding steroid dienone is 1. The van der Waals surface area contributed by atoms with Gasteiger partial charge in [-0.05, 0) is 59.9 Å². The summed E-state index contributed by atoms with van der Waals surface area (Å²) in [5.74, 6) is -4.07. The van der Waals surface area contributed by atoms with Crippen LogP contribution in [0.2, 0.25) is 0 Å². The molecule has 0 saturated carbocycles. The summed E-state index contributed by atoms with van der Waals surface area (Å²) in [4.78, 5) is 80.1. The van der Waals surface area contributed by atoms with Crippen LogP contribution in [-0.4, -0.2) is 70.0 Å². The molecule has 13 heteroatoms. The molecule has 5 atom stereocenters. The van der Waals surface area contributed by atoms with Crippen molar-refractivity contribution >= 4 is 53.0 Å². The van der Waals surface area contributed by atoms with Crippen molar-refractivity contribution in [2.45, 2.75) is 80.8 Å². The number of carbonyl (C=O) groups is 6. The molecule has 272 valence electrons. The van der Waals surface area contributed by atoms with Gasteiger partial charge in [-0.1, -0.05) is 78.9 Å². The number of hydrogen-bond acceptors (Lipinski definition) is 7. The molecule has 6 N–H and O–H groups in total. The number of benzene rings is 3. The highest BCUT2D eigenvalue weighted by Gasteiger charge is 2.33. The zero-order chi connectivity index (χ0) is 36.9. The van der Waals surface area contributed by atoms with Crippen molar-refractivity contribution in [3.63, 3.8) is 0 Å². The van der Waals surface area contributed by atoms with Gasteiger partial charge in [0.1, 0.15) is 24.2 Å². The Balaban J connectivity index is 1.46. The summed E-state index contributed by atoms with van der Waals surface area (Å²) in [5, 5.41) is 25.8. The molecule has 0 fully saturated rings. The Morgan fingerprint density at radius 3 is 1.96 bits per heavy atom. The maximum absolute atomic E-state index is 14.1. The Bertz CT molecular complexity index is 1750. The molecule has 0 aliphatic carbocycles. The number of rotatable bonds is 8. The quantitative estimate of drug-likeness (QED) is 0.191. The van der Waals surface area contributed by atoms with Crippen molar-refractivity contribution in [2.24, 2.45) is 0 Å². The number of carbonyl (C=O) groups excluding carboxylic acids is 5. The number of carboxylic acids is 1. The van der Waals surface area contributed by atoms with Crippen molar-refractivity contribution in [3.8, 4) is 0 Å². The Morgan fingerprint density at radius 1 is 0.692 bits per heavy atom. The van der Waals surface area contributed by atoms with E-state index in [0.717, 1.165) is 11.1 Å². The lowest BCUT2D eigenvalue weighted by Crippen LogP contribution is -2.58. The number of anilines is 1. The van der Waals surface area contributed by atoms with Crippen LogP contribution in [0.3, 0.4) is 0 Å². The van der Waals surface area contributed by atoms with Crippen molar-refractivity contribution in [3.05, 3.63) is 113 Å². The molecule has 52 heavy (non-hydrogen) atoms. The molecule has 2 bridgehead atoms. The normalized spacial score (nSPS) is 23.4. The molecule has 3 aromatic carbocycles. The fourth-order valence-corrected chi connectivity index (χ4v) is 7.02. The number of fused-ring (bicyclic) bond motifs is 18. The lowest BCUT2D eigenvalue weighted by molar-refractivity contribution is -0.142. The molecule has 12 nitrogen and oxygen atoms in total. The Kier molecular flexibility index (Phi) is 13.6. The summed E-state index contributed by atoms with van der Waals surface area (Å²) in [6.45, 7) is 0. The lowest BCUT2D eigenvalue weighted by atomic mass is 10.0. The zero-order valence-corrected chi connectivity index (χ0v) is 29.4. The van der Waals surface area contributed by atoms with E-state index in [1.807, 2.05) is 47.9 Å². The molecule has 0 aromatic heterocycles. The fraction of sp³-hybridized carbons (Fsp3) is 0.333. The minimum atomic E-state index is -1.33. The third-order valence-electron chi connectivity index (χ3n) is 8.90. The first kappa shape index (κ1) is 37.8. The van der Waals surface area contributed by atoms with Gasteiger partial charge >= 0.3 is 5.97 Å². The van der Waals surface area contributed by atoms with E-state index < -0.39 is 59.7 Å².